The molecule has 2 N–H and O–H groups in total. The van der Waals surface area contributed by atoms with Crippen LogP contribution in [-0.4, -0.2) is 37.0 Å². The van der Waals surface area contributed by atoms with Crippen LogP contribution in [-0.2, 0) is 25.5 Å². The molecule has 0 fully saturated rings. The van der Waals surface area contributed by atoms with E-state index in [-0.39, 0.29) is 12.3 Å². The highest BCUT2D eigenvalue weighted by atomic mass is 19.1. The van der Waals surface area contributed by atoms with Crippen molar-refractivity contribution in [3.05, 3.63) is 35.6 Å². The zero-order valence-electron chi connectivity index (χ0n) is 14.3. The second-order valence-corrected chi connectivity index (χ2v) is 5.84. The molecule has 2 amide bonds. The number of hydrogen-bond donors (Lipinski definition) is 2. The molecule has 1 aromatic carbocycles. The quantitative estimate of drug-likeness (QED) is 0.732. The first-order valence-corrected chi connectivity index (χ1v) is 7.64. The number of carbonyl (C=O) groups excluding carboxylic acids is 3. The molecule has 0 unspecified atom stereocenters. The van der Waals surface area contributed by atoms with E-state index in [9.17, 15) is 18.8 Å². The van der Waals surface area contributed by atoms with Gasteiger partial charge < -0.3 is 15.4 Å². The Kier molecular flexibility index (Phi) is 7.35. The summed E-state index contributed by atoms with van der Waals surface area (Å²) in [7, 11) is 1.24. The molecule has 0 saturated carbocycles. The summed E-state index contributed by atoms with van der Waals surface area (Å²) in [6, 6.07) is 4.02. The summed E-state index contributed by atoms with van der Waals surface area (Å²) < 4.78 is 18.0. The maximum atomic E-state index is 13.3. The van der Waals surface area contributed by atoms with E-state index < -0.39 is 35.7 Å². The normalized spacial score (nSPS) is 13.1. The van der Waals surface area contributed by atoms with Crippen molar-refractivity contribution >= 4 is 17.8 Å². The van der Waals surface area contributed by atoms with Crippen LogP contribution >= 0.6 is 0 Å². The summed E-state index contributed by atoms with van der Waals surface area (Å²) in [6.45, 7) is 4.82. The topological polar surface area (TPSA) is 84.5 Å². The van der Waals surface area contributed by atoms with Gasteiger partial charge in [-0.15, -0.1) is 0 Å². The Morgan fingerprint density at radius 1 is 1.21 bits per heavy atom. The van der Waals surface area contributed by atoms with Crippen LogP contribution in [0.2, 0.25) is 0 Å². The second-order valence-electron chi connectivity index (χ2n) is 5.84. The highest BCUT2D eigenvalue weighted by Crippen LogP contribution is 2.09. The first-order valence-electron chi connectivity index (χ1n) is 7.64. The molecule has 0 aliphatic heterocycles. The maximum Gasteiger partial charge on any atom is 0.328 e. The lowest BCUT2D eigenvalue weighted by Crippen LogP contribution is -2.53. The molecule has 0 spiro atoms. The van der Waals surface area contributed by atoms with Crippen molar-refractivity contribution in [2.45, 2.75) is 39.3 Å². The fourth-order valence-electron chi connectivity index (χ4n) is 2.23. The third-order valence-corrected chi connectivity index (χ3v) is 3.44. The van der Waals surface area contributed by atoms with E-state index >= 15 is 0 Å². The van der Waals surface area contributed by atoms with Gasteiger partial charge in [0.1, 0.15) is 17.9 Å². The van der Waals surface area contributed by atoms with Crippen LogP contribution in [0.3, 0.4) is 0 Å². The number of rotatable bonds is 7. The van der Waals surface area contributed by atoms with E-state index in [0.717, 1.165) is 0 Å². The molecule has 132 valence electrons. The standard InChI is InChI=1S/C17H23FN2O4/c1-10(2)15(17(23)24-4)20-16(22)14(19-11(3)21)9-12-6-5-7-13(18)8-12/h5-8,10,14-15H,9H2,1-4H3,(H,19,21)(H,20,22)/t14-,15+/m0/s1. The summed E-state index contributed by atoms with van der Waals surface area (Å²) in [6.07, 6.45) is 0.106. The molecular weight excluding hydrogens is 315 g/mol. The zero-order valence-corrected chi connectivity index (χ0v) is 14.3. The minimum absolute atomic E-state index is 0.106. The molecule has 24 heavy (non-hydrogen) atoms. The van der Waals surface area contributed by atoms with Crippen LogP contribution in [0.1, 0.15) is 26.3 Å². The van der Waals surface area contributed by atoms with Crippen molar-refractivity contribution in [3.8, 4) is 0 Å². The average Bonchev–Trinajstić information content (AvgIpc) is 2.50. The molecule has 0 heterocycles. The van der Waals surface area contributed by atoms with Gasteiger partial charge in [-0.3, -0.25) is 9.59 Å². The summed E-state index contributed by atoms with van der Waals surface area (Å²) in [5.74, 6) is -2.10. The Balaban J connectivity index is 2.91. The lowest BCUT2D eigenvalue weighted by Gasteiger charge is -2.24. The predicted molar refractivity (Wildman–Crippen MR) is 86.5 cm³/mol. The Morgan fingerprint density at radius 2 is 1.88 bits per heavy atom. The number of esters is 1. The number of benzene rings is 1. The molecule has 6 nitrogen and oxygen atoms in total. The number of hydrogen-bond acceptors (Lipinski definition) is 4. The molecule has 1 aromatic rings. The van der Waals surface area contributed by atoms with Gasteiger partial charge in [0.25, 0.3) is 0 Å². The molecule has 2 atom stereocenters. The zero-order chi connectivity index (χ0) is 18.3. The van der Waals surface area contributed by atoms with Gasteiger partial charge in [-0.05, 0) is 23.6 Å². The third kappa shape index (κ3) is 5.98. The Labute approximate surface area is 140 Å². The summed E-state index contributed by atoms with van der Waals surface area (Å²) in [4.78, 5) is 35.6. The number of ether oxygens (including phenoxy) is 1. The average molecular weight is 338 g/mol. The highest BCUT2D eigenvalue weighted by Gasteiger charge is 2.29. The highest BCUT2D eigenvalue weighted by molar-refractivity contribution is 5.90. The van der Waals surface area contributed by atoms with Crippen LogP contribution < -0.4 is 10.6 Å². The monoisotopic (exact) mass is 338 g/mol. The summed E-state index contributed by atoms with van der Waals surface area (Å²) in [5.41, 5.74) is 0.558. The van der Waals surface area contributed by atoms with Gasteiger partial charge in [-0.25, -0.2) is 9.18 Å². The Bertz CT molecular complexity index is 604. The van der Waals surface area contributed by atoms with Gasteiger partial charge in [-0.2, -0.15) is 0 Å². The van der Waals surface area contributed by atoms with Crippen molar-refractivity contribution in [2.24, 2.45) is 5.92 Å². The van der Waals surface area contributed by atoms with Crippen molar-refractivity contribution in [2.75, 3.05) is 7.11 Å². The van der Waals surface area contributed by atoms with Crippen molar-refractivity contribution in [1.29, 1.82) is 0 Å². The fourth-order valence-corrected chi connectivity index (χ4v) is 2.23. The predicted octanol–water partition coefficient (Wildman–Crippen LogP) is 1.19. The molecular formula is C17H23FN2O4. The Morgan fingerprint density at radius 3 is 2.38 bits per heavy atom. The molecule has 0 bridgehead atoms. The maximum absolute atomic E-state index is 13.3. The summed E-state index contributed by atoms with van der Waals surface area (Å²) in [5, 5.41) is 5.11. The van der Waals surface area contributed by atoms with Gasteiger partial charge in [0.05, 0.1) is 7.11 Å². The van der Waals surface area contributed by atoms with Gasteiger partial charge in [-0.1, -0.05) is 26.0 Å². The van der Waals surface area contributed by atoms with Crippen LogP contribution in [0.25, 0.3) is 0 Å². The van der Waals surface area contributed by atoms with Crippen molar-refractivity contribution in [1.82, 2.24) is 10.6 Å². The summed E-state index contributed by atoms with van der Waals surface area (Å²) >= 11 is 0. The SMILES string of the molecule is COC(=O)[C@H](NC(=O)[C@H](Cc1cccc(F)c1)NC(C)=O)C(C)C. The van der Waals surface area contributed by atoms with E-state index in [4.69, 9.17) is 0 Å². The molecule has 0 aliphatic carbocycles. The van der Waals surface area contributed by atoms with Crippen molar-refractivity contribution in [3.63, 3.8) is 0 Å². The first-order chi connectivity index (χ1) is 11.2. The molecule has 1 rings (SSSR count). The molecule has 0 aliphatic rings. The largest absolute Gasteiger partial charge is 0.467 e. The van der Waals surface area contributed by atoms with Gasteiger partial charge in [0, 0.05) is 13.3 Å². The van der Waals surface area contributed by atoms with Crippen LogP contribution in [0.4, 0.5) is 4.39 Å². The van der Waals surface area contributed by atoms with E-state index in [1.165, 1.54) is 32.2 Å². The van der Waals surface area contributed by atoms with E-state index in [1.54, 1.807) is 19.9 Å². The van der Waals surface area contributed by atoms with Gasteiger partial charge >= 0.3 is 5.97 Å². The third-order valence-electron chi connectivity index (χ3n) is 3.44. The lowest BCUT2D eigenvalue weighted by atomic mass is 10.0. The van der Waals surface area contributed by atoms with Crippen molar-refractivity contribution < 1.29 is 23.5 Å². The Hall–Kier alpha value is -2.44. The smallest absolute Gasteiger partial charge is 0.328 e. The number of methoxy groups -OCH3 is 1. The minimum Gasteiger partial charge on any atom is -0.467 e. The van der Waals surface area contributed by atoms with E-state index in [2.05, 4.69) is 15.4 Å². The lowest BCUT2D eigenvalue weighted by molar-refractivity contribution is -0.146. The van der Waals surface area contributed by atoms with Crippen LogP contribution in [0, 0.1) is 11.7 Å². The van der Waals surface area contributed by atoms with Crippen LogP contribution in [0.5, 0.6) is 0 Å². The molecule has 0 aromatic heterocycles. The van der Waals surface area contributed by atoms with Gasteiger partial charge in [0.2, 0.25) is 11.8 Å². The number of amides is 2. The molecule has 0 saturated heterocycles. The number of nitrogens with one attached hydrogen (secondary N) is 2. The van der Waals surface area contributed by atoms with E-state index in [0.29, 0.717) is 5.56 Å². The first kappa shape index (κ1) is 19.6. The number of halogens is 1. The second kappa shape index (κ2) is 9.00. The van der Waals surface area contributed by atoms with Gasteiger partial charge in [0.15, 0.2) is 0 Å². The molecule has 0 radical (unpaired) electrons. The fraction of sp³-hybridized carbons (Fsp3) is 0.471. The number of carbonyl (C=O) groups is 3. The molecule has 7 heteroatoms. The van der Waals surface area contributed by atoms with Crippen LogP contribution in [0.15, 0.2) is 24.3 Å². The minimum atomic E-state index is -0.921. The van der Waals surface area contributed by atoms with E-state index in [1.807, 2.05) is 0 Å².